The van der Waals surface area contributed by atoms with Crippen LogP contribution in [0.1, 0.15) is 38.2 Å². The topological polar surface area (TPSA) is 85.3 Å². The molecule has 2 aromatic rings. The van der Waals surface area contributed by atoms with Gasteiger partial charge in [0, 0.05) is 23.5 Å². The van der Waals surface area contributed by atoms with Crippen LogP contribution in [-0.2, 0) is 16.0 Å². The van der Waals surface area contributed by atoms with E-state index in [0.717, 1.165) is 50.1 Å². The number of carbonyl (C=O) groups excluding carboxylic acids is 1. The summed E-state index contributed by atoms with van der Waals surface area (Å²) >= 11 is 0. The Morgan fingerprint density at radius 1 is 1.00 bits per heavy atom. The van der Waals surface area contributed by atoms with Crippen LogP contribution in [0, 0.1) is 5.92 Å². The molecule has 0 bridgehead atoms. The van der Waals surface area contributed by atoms with Gasteiger partial charge in [-0.1, -0.05) is 37.3 Å². The summed E-state index contributed by atoms with van der Waals surface area (Å²) in [5.74, 6) is 0.463. The molecule has 0 saturated carbocycles. The summed E-state index contributed by atoms with van der Waals surface area (Å²) in [6.45, 7) is 8.49. The Hall–Kier alpha value is -2.23. The maximum atomic E-state index is 13.9. The summed E-state index contributed by atoms with van der Waals surface area (Å²) in [5, 5.41) is 12.9. The number of rotatable bonds is 8. The van der Waals surface area contributed by atoms with Crippen LogP contribution in [0.4, 0.5) is 11.4 Å². The number of hydrogen-bond acceptors (Lipinski definition) is 6. The molecule has 1 spiro atoms. The first-order valence-corrected chi connectivity index (χ1v) is 17.2. The third-order valence-electron chi connectivity index (χ3n) is 9.04. The predicted octanol–water partition coefficient (Wildman–Crippen LogP) is 3.91. The van der Waals surface area contributed by atoms with Gasteiger partial charge in [-0.15, -0.1) is 0 Å². The summed E-state index contributed by atoms with van der Waals surface area (Å²) in [4.78, 5) is 29.0. The van der Waals surface area contributed by atoms with Gasteiger partial charge in [0.15, 0.2) is 8.32 Å². The van der Waals surface area contributed by atoms with E-state index < -0.39 is 13.9 Å². The standard InChI is InChI=1S/C30H43N3O4Si/c1-22-26(37-27(15-20-34)28(22)38(2,3)36)14-11-23-9-12-24(13-10-23)32-21-33(25-7-5-4-6-8-25)30(29(32)35)16-18-31-19-17-30/h4-10,12-13,22,26-28,31,34,36H,11,14-21H2,1-3H3/t22-,26+,27-,28+/m0/s1. The number of piperidine rings is 1. The van der Waals surface area contributed by atoms with Crippen LogP contribution in [0.3, 0.4) is 0 Å². The molecule has 1 amide bonds. The molecule has 0 aliphatic carbocycles. The molecule has 206 valence electrons. The quantitative estimate of drug-likeness (QED) is 0.443. The number of nitrogens with zero attached hydrogens (tertiary/aromatic N) is 2. The SMILES string of the molecule is C[C@@H]1[C@@H]([Si](C)(C)O)[C@H](CCO)O[C@@H]1CCc1ccc(N2CN(c3ccccc3)C3(CCNCC3)C2=O)cc1. The van der Waals surface area contributed by atoms with Gasteiger partial charge < -0.3 is 24.9 Å². The van der Waals surface area contributed by atoms with Crippen molar-refractivity contribution in [3.63, 3.8) is 0 Å². The van der Waals surface area contributed by atoms with Gasteiger partial charge in [-0.2, -0.15) is 0 Å². The highest BCUT2D eigenvalue weighted by Crippen LogP contribution is 2.45. The lowest BCUT2D eigenvalue weighted by Crippen LogP contribution is -2.55. The first kappa shape index (κ1) is 27.3. The van der Waals surface area contributed by atoms with Crippen molar-refractivity contribution < 1.29 is 19.4 Å². The van der Waals surface area contributed by atoms with Gasteiger partial charge in [0.25, 0.3) is 5.91 Å². The van der Waals surface area contributed by atoms with Crippen LogP contribution in [-0.4, -0.2) is 68.2 Å². The lowest BCUT2D eigenvalue weighted by atomic mass is 9.86. The zero-order chi connectivity index (χ0) is 26.9. The van der Waals surface area contributed by atoms with Crippen molar-refractivity contribution in [2.24, 2.45) is 5.92 Å². The van der Waals surface area contributed by atoms with Gasteiger partial charge in [0.2, 0.25) is 0 Å². The molecular weight excluding hydrogens is 494 g/mol. The number of aryl methyl sites for hydroxylation is 1. The van der Waals surface area contributed by atoms with Gasteiger partial charge in [0.05, 0.1) is 18.9 Å². The number of anilines is 2. The number of nitrogens with one attached hydrogen (secondary N) is 1. The number of amides is 1. The second-order valence-corrected chi connectivity index (χ2v) is 15.9. The van der Waals surface area contributed by atoms with Crippen LogP contribution >= 0.6 is 0 Å². The summed E-state index contributed by atoms with van der Waals surface area (Å²) in [7, 11) is -2.40. The fourth-order valence-electron chi connectivity index (χ4n) is 7.13. The van der Waals surface area contributed by atoms with Crippen LogP contribution in [0.25, 0.3) is 0 Å². The van der Waals surface area contributed by atoms with Crippen molar-refractivity contribution in [2.75, 3.05) is 36.2 Å². The van der Waals surface area contributed by atoms with E-state index in [1.54, 1.807) is 0 Å². The number of benzene rings is 2. The Bertz CT molecular complexity index is 1080. The summed E-state index contributed by atoms with van der Waals surface area (Å²) in [6, 6.07) is 18.7. The molecule has 2 aromatic carbocycles. The molecule has 3 fully saturated rings. The minimum atomic E-state index is -2.40. The van der Waals surface area contributed by atoms with E-state index >= 15 is 0 Å². The Balaban J connectivity index is 1.28. The number of aliphatic hydroxyl groups excluding tert-OH is 1. The summed E-state index contributed by atoms with van der Waals surface area (Å²) < 4.78 is 6.36. The van der Waals surface area contributed by atoms with E-state index in [2.05, 4.69) is 53.5 Å². The molecule has 0 aromatic heterocycles. The van der Waals surface area contributed by atoms with E-state index in [4.69, 9.17) is 4.74 Å². The Labute approximate surface area is 227 Å². The fourth-order valence-corrected chi connectivity index (χ4v) is 9.78. The Kier molecular flexibility index (Phi) is 7.98. The average Bonchev–Trinajstić information content (AvgIpc) is 3.38. The fraction of sp³-hybridized carbons (Fsp3) is 0.567. The minimum Gasteiger partial charge on any atom is -0.432 e. The molecular formula is C30H43N3O4Si. The van der Waals surface area contributed by atoms with Crippen molar-refractivity contribution in [3.8, 4) is 0 Å². The highest BCUT2D eigenvalue weighted by Gasteiger charge is 2.53. The largest absolute Gasteiger partial charge is 0.432 e. The number of carbonyl (C=O) groups is 1. The van der Waals surface area contributed by atoms with Crippen molar-refractivity contribution in [1.82, 2.24) is 5.32 Å². The minimum absolute atomic E-state index is 0.0647. The maximum absolute atomic E-state index is 13.9. The van der Waals surface area contributed by atoms with Crippen molar-refractivity contribution in [2.45, 2.75) is 75.4 Å². The lowest BCUT2D eigenvalue weighted by Gasteiger charge is -2.39. The number of ether oxygens (including phenoxy) is 1. The van der Waals surface area contributed by atoms with E-state index in [1.807, 2.05) is 36.2 Å². The van der Waals surface area contributed by atoms with Crippen LogP contribution in [0.5, 0.6) is 0 Å². The number of aliphatic hydroxyl groups is 1. The smallest absolute Gasteiger partial charge is 0.254 e. The monoisotopic (exact) mass is 537 g/mol. The molecule has 3 aliphatic rings. The van der Waals surface area contributed by atoms with Gasteiger partial charge in [-0.05, 0) is 94.0 Å². The summed E-state index contributed by atoms with van der Waals surface area (Å²) in [5.41, 5.74) is 2.90. The number of para-hydroxylation sites is 1. The first-order valence-electron chi connectivity index (χ1n) is 14.2. The zero-order valence-electron chi connectivity index (χ0n) is 23.0. The zero-order valence-corrected chi connectivity index (χ0v) is 24.0. The van der Waals surface area contributed by atoms with Crippen molar-refractivity contribution in [1.29, 1.82) is 0 Å². The third-order valence-corrected chi connectivity index (χ3v) is 11.6. The molecule has 3 aliphatic heterocycles. The van der Waals surface area contributed by atoms with Gasteiger partial charge in [-0.25, -0.2) is 0 Å². The normalized spacial score (nSPS) is 27.4. The van der Waals surface area contributed by atoms with Crippen LogP contribution in [0.15, 0.2) is 54.6 Å². The van der Waals surface area contributed by atoms with E-state index in [1.165, 1.54) is 5.56 Å². The molecule has 5 rings (SSSR count). The molecule has 3 saturated heterocycles. The van der Waals surface area contributed by atoms with E-state index in [0.29, 0.717) is 13.1 Å². The molecule has 3 N–H and O–H groups in total. The summed E-state index contributed by atoms with van der Waals surface area (Å²) in [6.07, 6.45) is 3.96. The lowest BCUT2D eigenvalue weighted by molar-refractivity contribution is -0.122. The van der Waals surface area contributed by atoms with Crippen molar-refractivity contribution >= 4 is 25.6 Å². The highest BCUT2D eigenvalue weighted by atomic mass is 28.4. The molecule has 7 nitrogen and oxygen atoms in total. The third kappa shape index (κ3) is 5.17. The van der Waals surface area contributed by atoms with Crippen LogP contribution in [0.2, 0.25) is 18.6 Å². The molecule has 0 unspecified atom stereocenters. The molecule has 38 heavy (non-hydrogen) atoms. The van der Waals surface area contributed by atoms with Crippen LogP contribution < -0.4 is 15.1 Å². The van der Waals surface area contributed by atoms with E-state index in [-0.39, 0.29) is 36.2 Å². The second kappa shape index (κ2) is 11.1. The number of hydrogen-bond donors (Lipinski definition) is 3. The van der Waals surface area contributed by atoms with Crippen molar-refractivity contribution in [3.05, 3.63) is 60.2 Å². The highest BCUT2D eigenvalue weighted by molar-refractivity contribution is 6.71. The predicted molar refractivity (Wildman–Crippen MR) is 154 cm³/mol. The Morgan fingerprint density at radius 3 is 2.32 bits per heavy atom. The molecule has 4 atom stereocenters. The second-order valence-electron chi connectivity index (χ2n) is 11.9. The Morgan fingerprint density at radius 2 is 1.68 bits per heavy atom. The average molecular weight is 538 g/mol. The first-order chi connectivity index (χ1) is 18.2. The van der Waals surface area contributed by atoms with Gasteiger partial charge in [0.1, 0.15) is 5.54 Å². The van der Waals surface area contributed by atoms with E-state index in [9.17, 15) is 14.7 Å². The van der Waals surface area contributed by atoms with Gasteiger partial charge >= 0.3 is 0 Å². The maximum Gasteiger partial charge on any atom is 0.254 e. The molecule has 8 heteroatoms. The molecule has 3 heterocycles. The molecule has 0 radical (unpaired) electrons. The van der Waals surface area contributed by atoms with Gasteiger partial charge in [-0.3, -0.25) is 9.69 Å².